The summed E-state index contributed by atoms with van der Waals surface area (Å²) < 4.78 is 0. The van der Waals surface area contributed by atoms with E-state index in [9.17, 15) is 0 Å². The van der Waals surface area contributed by atoms with E-state index >= 15 is 0 Å². The van der Waals surface area contributed by atoms with Crippen molar-refractivity contribution in [2.24, 2.45) is 0 Å². The second-order valence-corrected chi connectivity index (χ2v) is 8.24. The van der Waals surface area contributed by atoms with Gasteiger partial charge in [-0.05, 0) is 48.7 Å². The Labute approximate surface area is 160 Å². The van der Waals surface area contributed by atoms with E-state index in [1.165, 1.54) is 48.7 Å². The van der Waals surface area contributed by atoms with Crippen LogP contribution in [-0.4, -0.2) is 46.2 Å². The van der Waals surface area contributed by atoms with E-state index < -0.39 is 0 Å². The monoisotopic (exact) mass is 307 g/mol. The molecular weight excluding hydrogens is 274 g/mol. The van der Waals surface area contributed by atoms with Gasteiger partial charge in [0.25, 0.3) is 0 Å². The molecule has 6 heteroatoms. The summed E-state index contributed by atoms with van der Waals surface area (Å²) in [6.07, 6.45) is 5.59. The molecule has 0 amide bonds. The van der Waals surface area contributed by atoms with E-state index in [1.54, 1.807) is 0 Å². The van der Waals surface area contributed by atoms with E-state index in [2.05, 4.69) is 27.7 Å². The molecule has 0 aromatic carbocycles. The molecule has 0 aromatic rings. The summed E-state index contributed by atoms with van der Waals surface area (Å²) in [6, 6.07) is 0. The fourth-order valence-electron chi connectivity index (χ4n) is 2.34. The predicted molar refractivity (Wildman–Crippen MR) is 83.1 cm³/mol. The van der Waals surface area contributed by atoms with Gasteiger partial charge in [0.1, 0.15) is 0 Å². The van der Waals surface area contributed by atoms with Crippen LogP contribution in [0.3, 0.4) is 0 Å². The van der Waals surface area contributed by atoms with E-state index in [0.29, 0.717) is 0 Å². The summed E-state index contributed by atoms with van der Waals surface area (Å²) in [4.78, 5) is 0. The summed E-state index contributed by atoms with van der Waals surface area (Å²) in [7, 11) is -0.197. The number of rotatable bonds is 8. The molecule has 4 N–H and O–H groups in total. The molecule has 0 aromatic heterocycles. The Morgan fingerprint density at radius 3 is 1.06 bits per heavy atom. The number of hydrogen-bond acceptors (Lipinski definition) is 2. The van der Waals surface area contributed by atoms with Crippen molar-refractivity contribution in [1.82, 2.24) is 0 Å². The van der Waals surface area contributed by atoms with Crippen LogP contribution in [0.2, 0.25) is 0 Å². The smallest absolute Gasteiger partial charge is 1.00 e. The Bertz CT molecular complexity index is 119. The Hall–Kier alpha value is 1.93. The molecule has 0 aliphatic heterocycles. The Morgan fingerprint density at radius 2 is 0.944 bits per heavy atom. The molecule has 109 valence electrons. The molecule has 1 radical (unpaired) electrons. The minimum atomic E-state index is -0.197. The molecule has 0 saturated carbocycles. The molecule has 0 fully saturated rings. The maximum Gasteiger partial charge on any atom is 1.00 e. The van der Waals surface area contributed by atoms with Crippen LogP contribution >= 0.6 is 10.0 Å². The first-order chi connectivity index (χ1) is 7.66. The first-order valence-corrected chi connectivity index (χ1v) is 8.81. The van der Waals surface area contributed by atoms with Gasteiger partial charge in [0, 0.05) is 0 Å². The number of hydrogen-bond donors (Lipinski definition) is 2. The van der Waals surface area contributed by atoms with Gasteiger partial charge in [0.2, 0.25) is 0 Å². The third-order valence-electron chi connectivity index (χ3n) is 2.55. The molecule has 18 heavy (non-hydrogen) atoms. The average Bonchev–Trinajstić information content (AvgIpc) is 2.20. The van der Waals surface area contributed by atoms with Crippen molar-refractivity contribution in [2.75, 3.05) is 23.0 Å². The van der Waals surface area contributed by atoms with Gasteiger partial charge in [-0.1, -0.05) is 27.7 Å². The summed E-state index contributed by atoms with van der Waals surface area (Å²) in [5.74, 6) is 6.12. The third-order valence-corrected chi connectivity index (χ3v) is 7.65. The van der Waals surface area contributed by atoms with E-state index in [1.807, 2.05) is 0 Å². The van der Waals surface area contributed by atoms with E-state index in [-0.39, 0.29) is 76.0 Å². The Balaban J connectivity index is -0.0000000992. The summed E-state index contributed by atoms with van der Waals surface area (Å²) in [5, 5.41) is 14.0. The molecule has 0 atom stereocenters. The van der Waals surface area contributed by atoms with Gasteiger partial charge in [-0.3, -0.25) is 0 Å². The summed E-state index contributed by atoms with van der Waals surface area (Å²) >= 11 is 0. The van der Waals surface area contributed by atoms with Crippen LogP contribution in [0.4, 0.5) is 0 Å². The van der Waals surface area contributed by atoms with E-state index in [0.717, 1.165) is 0 Å². The Kier molecular flexibility index (Phi) is 33.2. The van der Waals surface area contributed by atoms with Gasteiger partial charge in [-0.15, -0.1) is 0 Å². The molecule has 0 rings (SSSR count). The SMILES string of the molecule is CCCS(CCC)(CCC)CCC.O.O[B]O.[H-].[K+]. The van der Waals surface area contributed by atoms with Crippen molar-refractivity contribution in [2.45, 2.75) is 53.4 Å². The molecule has 0 bridgehead atoms. The fraction of sp³-hybridized carbons (Fsp3) is 1.00. The standard InChI is InChI=1S/C12H28S.BH2O2.K.H2O.H/c1-5-9-13(10-6-2,11-7-3)12-8-4;2-1-3;;;/h5-12H2,1-4H3;2-3H;;1H2;/q;;+1;;-1. The van der Waals surface area contributed by atoms with Crippen molar-refractivity contribution in [3.8, 4) is 0 Å². The average molecular weight is 307 g/mol. The molecule has 0 aliphatic carbocycles. The van der Waals surface area contributed by atoms with Crippen LogP contribution in [-0.2, 0) is 0 Å². The van der Waals surface area contributed by atoms with Crippen LogP contribution in [0.1, 0.15) is 54.8 Å². The predicted octanol–water partition coefficient (Wildman–Crippen LogP) is -0.772. The molecule has 0 heterocycles. The topological polar surface area (TPSA) is 72.0 Å². The maximum absolute atomic E-state index is 7.00. The zero-order valence-corrected chi connectivity index (χ0v) is 17.0. The van der Waals surface area contributed by atoms with Gasteiger partial charge < -0.3 is 17.0 Å². The van der Waals surface area contributed by atoms with E-state index in [4.69, 9.17) is 10.0 Å². The molecule has 0 saturated heterocycles. The second kappa shape index (κ2) is 21.2. The van der Waals surface area contributed by atoms with Gasteiger partial charge in [0.15, 0.2) is 0 Å². The van der Waals surface area contributed by atoms with Crippen LogP contribution < -0.4 is 51.4 Å². The third kappa shape index (κ3) is 16.0. The first-order valence-electron chi connectivity index (χ1n) is 6.50. The van der Waals surface area contributed by atoms with Crippen LogP contribution in [0.25, 0.3) is 0 Å². The first kappa shape index (κ1) is 28.1. The second-order valence-electron chi connectivity index (χ2n) is 4.16. The molecular formula is C12H33BKO3S. The Morgan fingerprint density at radius 1 is 0.778 bits per heavy atom. The van der Waals surface area contributed by atoms with Crippen molar-refractivity contribution >= 4 is 17.7 Å². The zero-order chi connectivity index (χ0) is 12.9. The van der Waals surface area contributed by atoms with Crippen molar-refractivity contribution < 1.29 is 68.3 Å². The van der Waals surface area contributed by atoms with Gasteiger partial charge in [-0.25, -0.2) is 10.0 Å². The summed E-state index contributed by atoms with van der Waals surface area (Å²) in [5.41, 5.74) is 0. The summed E-state index contributed by atoms with van der Waals surface area (Å²) in [6.45, 7) is 9.40. The van der Waals surface area contributed by atoms with Gasteiger partial charge in [0.05, 0.1) is 0 Å². The van der Waals surface area contributed by atoms with Gasteiger partial charge >= 0.3 is 59.1 Å². The quantitative estimate of drug-likeness (QED) is 0.578. The van der Waals surface area contributed by atoms with Crippen LogP contribution in [0.15, 0.2) is 0 Å². The molecule has 3 nitrogen and oxygen atoms in total. The van der Waals surface area contributed by atoms with Gasteiger partial charge in [-0.2, -0.15) is 0 Å². The molecule has 0 spiro atoms. The minimum Gasteiger partial charge on any atom is -1.00 e. The largest absolute Gasteiger partial charge is 1.00 e. The maximum atomic E-state index is 7.00. The fourth-order valence-corrected chi connectivity index (χ4v) is 7.03. The zero-order valence-electron chi connectivity index (χ0n) is 14.0. The van der Waals surface area contributed by atoms with Crippen molar-refractivity contribution in [1.29, 1.82) is 0 Å². The molecule has 0 unspecified atom stereocenters. The van der Waals surface area contributed by atoms with Crippen LogP contribution in [0, 0.1) is 0 Å². The van der Waals surface area contributed by atoms with Crippen molar-refractivity contribution in [3.63, 3.8) is 0 Å². The van der Waals surface area contributed by atoms with Crippen molar-refractivity contribution in [3.05, 3.63) is 0 Å². The van der Waals surface area contributed by atoms with Crippen LogP contribution in [0.5, 0.6) is 0 Å². The molecule has 0 aliphatic rings. The normalized spacial score (nSPS) is 10.3. The minimum absolute atomic E-state index is 0.